The molecule has 0 heterocycles. The van der Waals surface area contributed by atoms with Gasteiger partial charge in [-0.2, -0.15) is 0 Å². The number of carbonyl (C=O) groups is 1. The fraction of sp³-hybridized carbons (Fsp3) is 0.240. The first kappa shape index (κ1) is 28.6. The molecule has 0 bridgehead atoms. The van der Waals surface area contributed by atoms with E-state index in [-0.39, 0.29) is 21.2 Å². The minimum absolute atomic E-state index is 0.128. The monoisotopic (exact) mass is 561 g/mol. The predicted octanol–water partition coefficient (Wildman–Crippen LogP) is 3.39. The molecule has 0 aromatic heterocycles. The highest BCUT2D eigenvalue weighted by molar-refractivity contribution is 7.93. The number of nitrogens with zero attached hydrogens (tertiary/aromatic N) is 2. The maximum Gasteiger partial charge on any atom is 0.273 e. The van der Waals surface area contributed by atoms with Crippen LogP contribution in [0.25, 0.3) is 0 Å². The fourth-order valence-electron chi connectivity index (χ4n) is 3.64. The Bertz CT molecular complexity index is 1550. The highest BCUT2D eigenvalue weighted by Crippen LogP contribution is 2.29. The number of carbonyl (C=O) groups excluding carboxylic acids is 1. The van der Waals surface area contributed by atoms with E-state index in [1.807, 2.05) is 0 Å². The van der Waals surface area contributed by atoms with E-state index < -0.39 is 43.3 Å². The van der Waals surface area contributed by atoms with Gasteiger partial charge in [-0.1, -0.05) is 18.2 Å². The highest BCUT2D eigenvalue weighted by atomic mass is 32.2. The lowest BCUT2D eigenvalue weighted by atomic mass is 10.1. The number of nitrogens with one attached hydrogen (secondary N) is 1. The van der Waals surface area contributed by atoms with Crippen LogP contribution in [0, 0.1) is 17.0 Å². The van der Waals surface area contributed by atoms with E-state index in [0.29, 0.717) is 16.9 Å². The van der Waals surface area contributed by atoms with Gasteiger partial charge in [0.2, 0.25) is 5.91 Å². The molecule has 3 rings (SSSR count). The van der Waals surface area contributed by atoms with Crippen molar-refractivity contribution in [3.63, 3.8) is 0 Å². The van der Waals surface area contributed by atoms with Gasteiger partial charge >= 0.3 is 0 Å². The van der Waals surface area contributed by atoms with Crippen LogP contribution in [0.5, 0.6) is 5.75 Å². The lowest BCUT2D eigenvalue weighted by Gasteiger charge is -2.25. The summed E-state index contributed by atoms with van der Waals surface area (Å²) < 4.78 is 56.6. The quantitative estimate of drug-likeness (QED) is 0.292. The molecule has 0 saturated heterocycles. The summed E-state index contributed by atoms with van der Waals surface area (Å²) in [4.78, 5) is 23.5. The minimum Gasteiger partial charge on any atom is -0.497 e. The van der Waals surface area contributed by atoms with E-state index >= 15 is 0 Å². The van der Waals surface area contributed by atoms with Crippen LogP contribution in [0.3, 0.4) is 0 Å². The summed E-state index contributed by atoms with van der Waals surface area (Å²) in [5.74, 6) is -0.182. The van der Waals surface area contributed by atoms with Crippen molar-refractivity contribution in [2.24, 2.45) is 0 Å². The molecule has 1 amide bonds. The Hall–Kier alpha value is -3.97. The molecule has 11 nitrogen and oxygen atoms in total. The van der Waals surface area contributed by atoms with Gasteiger partial charge in [-0.3, -0.25) is 19.2 Å². The van der Waals surface area contributed by atoms with Crippen molar-refractivity contribution in [2.75, 3.05) is 24.2 Å². The summed E-state index contributed by atoms with van der Waals surface area (Å²) in [7, 11) is -6.34. The number of hydrogen-bond donors (Lipinski definition) is 1. The molecule has 1 atom stereocenters. The van der Waals surface area contributed by atoms with Crippen LogP contribution in [0.1, 0.15) is 24.1 Å². The molecule has 38 heavy (non-hydrogen) atoms. The average Bonchev–Trinajstić information content (AvgIpc) is 2.86. The van der Waals surface area contributed by atoms with Crippen molar-refractivity contribution >= 4 is 37.1 Å². The number of nitro benzene ring substituents is 1. The highest BCUT2D eigenvalue weighted by Gasteiger charge is 2.30. The second kappa shape index (κ2) is 11.2. The first-order valence-corrected chi connectivity index (χ1v) is 14.6. The van der Waals surface area contributed by atoms with Gasteiger partial charge in [0.25, 0.3) is 15.7 Å². The summed E-state index contributed by atoms with van der Waals surface area (Å²) in [6.07, 6.45) is 1.09. The molecule has 3 aromatic carbocycles. The third kappa shape index (κ3) is 6.47. The molecule has 0 saturated carbocycles. The van der Waals surface area contributed by atoms with Crippen LogP contribution in [-0.4, -0.2) is 47.6 Å². The van der Waals surface area contributed by atoms with Crippen molar-refractivity contribution in [3.8, 4) is 5.75 Å². The number of sulfonamides is 1. The van der Waals surface area contributed by atoms with Crippen LogP contribution in [0.15, 0.2) is 76.5 Å². The van der Waals surface area contributed by atoms with E-state index in [4.69, 9.17) is 4.74 Å². The number of rotatable bonds is 10. The van der Waals surface area contributed by atoms with Crippen LogP contribution >= 0.6 is 0 Å². The second-order valence-electron chi connectivity index (χ2n) is 8.55. The molecule has 3 aromatic rings. The van der Waals surface area contributed by atoms with Crippen molar-refractivity contribution in [1.82, 2.24) is 5.32 Å². The number of methoxy groups -OCH3 is 1. The molecular formula is C25H27N3O8S2. The molecule has 13 heteroatoms. The largest absolute Gasteiger partial charge is 0.497 e. The van der Waals surface area contributed by atoms with Gasteiger partial charge in [-0.05, 0) is 61.9 Å². The van der Waals surface area contributed by atoms with E-state index in [1.54, 1.807) is 19.1 Å². The number of sulfone groups is 1. The normalized spacial score (nSPS) is 12.4. The number of amides is 1. The Morgan fingerprint density at radius 3 is 2.11 bits per heavy atom. The number of anilines is 1. The van der Waals surface area contributed by atoms with Gasteiger partial charge < -0.3 is 10.1 Å². The number of ether oxygens (including phenoxy) is 1. The molecule has 0 aliphatic heterocycles. The summed E-state index contributed by atoms with van der Waals surface area (Å²) in [5, 5.41) is 14.1. The smallest absolute Gasteiger partial charge is 0.273 e. The van der Waals surface area contributed by atoms with E-state index in [0.717, 1.165) is 16.6 Å². The molecule has 0 aliphatic carbocycles. The minimum atomic E-state index is -4.40. The predicted molar refractivity (Wildman–Crippen MR) is 141 cm³/mol. The van der Waals surface area contributed by atoms with Gasteiger partial charge in [-0.15, -0.1) is 0 Å². The summed E-state index contributed by atoms with van der Waals surface area (Å²) >= 11 is 0. The van der Waals surface area contributed by atoms with Crippen LogP contribution in [0.4, 0.5) is 11.4 Å². The Morgan fingerprint density at radius 2 is 1.58 bits per heavy atom. The lowest BCUT2D eigenvalue weighted by molar-refractivity contribution is -0.385. The van der Waals surface area contributed by atoms with Crippen LogP contribution in [-0.2, 0) is 24.7 Å². The van der Waals surface area contributed by atoms with Crippen molar-refractivity contribution in [2.45, 2.75) is 29.7 Å². The summed E-state index contributed by atoms with van der Waals surface area (Å²) in [6.45, 7) is 2.54. The lowest BCUT2D eigenvalue weighted by Crippen LogP contribution is -2.41. The fourth-order valence-corrected chi connectivity index (χ4v) is 5.71. The number of nitro groups is 1. The summed E-state index contributed by atoms with van der Waals surface area (Å²) in [6, 6.07) is 14.9. The van der Waals surface area contributed by atoms with Crippen LogP contribution < -0.4 is 14.4 Å². The number of aryl methyl sites for hydroxylation is 1. The van der Waals surface area contributed by atoms with Crippen molar-refractivity contribution < 1.29 is 31.3 Å². The Balaban J connectivity index is 1.93. The van der Waals surface area contributed by atoms with E-state index in [9.17, 15) is 31.7 Å². The molecule has 0 radical (unpaired) electrons. The number of benzene rings is 3. The topological polar surface area (TPSA) is 153 Å². The number of hydrogen-bond acceptors (Lipinski definition) is 8. The first-order chi connectivity index (χ1) is 17.7. The maximum atomic E-state index is 13.6. The zero-order valence-electron chi connectivity index (χ0n) is 21.1. The third-order valence-electron chi connectivity index (χ3n) is 5.80. The molecule has 202 valence electrons. The summed E-state index contributed by atoms with van der Waals surface area (Å²) in [5.41, 5.74) is 0.683. The molecule has 0 spiro atoms. The molecular weight excluding hydrogens is 534 g/mol. The van der Waals surface area contributed by atoms with Gasteiger partial charge in [0, 0.05) is 17.9 Å². The standard InChI is InChI=1S/C25H27N3O8S2/c1-17-5-12-23(15-24(17)28(30)31)38(34,35)27(20-8-10-21(36-3)11-9-20)16-25(29)26-18(2)19-6-13-22(14-7-19)37(4,32)33/h5-15,18H,16H2,1-4H3,(H,26,29)/t18-/m0/s1. The van der Waals surface area contributed by atoms with Crippen molar-refractivity contribution in [1.29, 1.82) is 0 Å². The van der Waals surface area contributed by atoms with Gasteiger partial charge in [0.1, 0.15) is 12.3 Å². The average molecular weight is 562 g/mol. The SMILES string of the molecule is COc1ccc(N(CC(=O)N[C@@H](C)c2ccc(S(C)(=O)=O)cc2)S(=O)(=O)c2ccc(C)c([N+](=O)[O-])c2)cc1. The zero-order valence-corrected chi connectivity index (χ0v) is 22.7. The van der Waals surface area contributed by atoms with Gasteiger partial charge in [-0.25, -0.2) is 16.8 Å². The third-order valence-corrected chi connectivity index (χ3v) is 8.70. The molecule has 1 N–H and O–H groups in total. The maximum absolute atomic E-state index is 13.6. The molecule has 0 fully saturated rings. The van der Waals surface area contributed by atoms with Gasteiger partial charge in [0.05, 0.1) is 33.6 Å². The second-order valence-corrected chi connectivity index (χ2v) is 12.4. The Kier molecular flexibility index (Phi) is 8.42. The first-order valence-electron chi connectivity index (χ1n) is 11.2. The zero-order chi connectivity index (χ0) is 28.3. The van der Waals surface area contributed by atoms with Crippen LogP contribution in [0.2, 0.25) is 0 Å². The molecule has 0 unspecified atom stereocenters. The van der Waals surface area contributed by atoms with E-state index in [2.05, 4.69) is 5.32 Å². The Labute approximate surface area is 221 Å². The van der Waals surface area contributed by atoms with Crippen molar-refractivity contribution in [3.05, 3.63) is 88.0 Å². The van der Waals surface area contributed by atoms with Gasteiger partial charge in [0.15, 0.2) is 9.84 Å². The molecule has 0 aliphatic rings. The van der Waals surface area contributed by atoms with E-state index in [1.165, 1.54) is 62.6 Å². The Morgan fingerprint density at radius 1 is 1.00 bits per heavy atom.